The topological polar surface area (TPSA) is 62.6 Å². The summed E-state index contributed by atoms with van der Waals surface area (Å²) in [7, 11) is 1.53. The maximum Gasteiger partial charge on any atom is 0.246 e. The highest BCUT2D eigenvalue weighted by Crippen LogP contribution is 2.13. The zero-order valence-electron chi connectivity index (χ0n) is 10.7. The molecule has 1 aromatic heterocycles. The predicted molar refractivity (Wildman–Crippen MR) is 65.7 cm³/mol. The molecule has 1 fully saturated rings. The standard InChI is InChI=1S/C13H18N2O3/c1-3-9-4-5-10(18-9)8-14-11-6-7-12(16)15(2)13(11)17/h4-5,11,14H,3,6-8H2,1-2H3. The molecule has 2 heterocycles. The third kappa shape index (κ3) is 2.61. The third-order valence-electron chi connectivity index (χ3n) is 3.24. The van der Waals surface area contributed by atoms with Crippen LogP contribution >= 0.6 is 0 Å². The van der Waals surface area contributed by atoms with Gasteiger partial charge in [-0.1, -0.05) is 6.92 Å². The zero-order chi connectivity index (χ0) is 13.1. The molecular weight excluding hydrogens is 232 g/mol. The Morgan fingerprint density at radius 2 is 2.11 bits per heavy atom. The minimum Gasteiger partial charge on any atom is -0.465 e. The smallest absolute Gasteiger partial charge is 0.246 e. The number of likely N-dealkylation sites (tertiary alicyclic amines) is 1. The molecule has 1 unspecified atom stereocenters. The van der Waals surface area contributed by atoms with E-state index < -0.39 is 0 Å². The molecule has 5 heteroatoms. The van der Waals surface area contributed by atoms with Gasteiger partial charge in [-0.05, 0) is 18.6 Å². The van der Waals surface area contributed by atoms with Crippen LogP contribution in [0.4, 0.5) is 0 Å². The number of carbonyl (C=O) groups excluding carboxylic acids is 2. The van der Waals surface area contributed by atoms with Crippen LogP contribution in [0.2, 0.25) is 0 Å². The number of rotatable bonds is 4. The molecule has 1 saturated heterocycles. The molecule has 1 aliphatic heterocycles. The van der Waals surface area contributed by atoms with Crippen LogP contribution in [-0.2, 0) is 22.6 Å². The van der Waals surface area contributed by atoms with Crippen molar-refractivity contribution in [2.45, 2.75) is 38.8 Å². The molecule has 1 atom stereocenters. The summed E-state index contributed by atoms with van der Waals surface area (Å²) in [5.41, 5.74) is 0. The molecule has 0 spiro atoms. The quantitative estimate of drug-likeness (QED) is 0.812. The number of imide groups is 1. The molecule has 0 aromatic carbocycles. The van der Waals surface area contributed by atoms with Gasteiger partial charge in [0, 0.05) is 19.9 Å². The Kier molecular flexibility index (Phi) is 3.81. The van der Waals surface area contributed by atoms with Gasteiger partial charge >= 0.3 is 0 Å². The number of hydrogen-bond acceptors (Lipinski definition) is 4. The first-order valence-corrected chi connectivity index (χ1v) is 6.23. The van der Waals surface area contributed by atoms with E-state index in [1.165, 1.54) is 11.9 Å². The summed E-state index contributed by atoms with van der Waals surface area (Å²) in [6, 6.07) is 3.56. The van der Waals surface area contributed by atoms with Crippen LogP contribution in [0.25, 0.3) is 0 Å². The van der Waals surface area contributed by atoms with E-state index in [1.807, 2.05) is 19.1 Å². The van der Waals surface area contributed by atoms with Gasteiger partial charge in [0.05, 0.1) is 12.6 Å². The van der Waals surface area contributed by atoms with E-state index in [1.54, 1.807) is 0 Å². The minimum absolute atomic E-state index is 0.107. The van der Waals surface area contributed by atoms with Crippen molar-refractivity contribution < 1.29 is 14.0 Å². The summed E-state index contributed by atoms with van der Waals surface area (Å²) in [6.45, 7) is 2.54. The Balaban J connectivity index is 1.90. The van der Waals surface area contributed by atoms with E-state index in [9.17, 15) is 9.59 Å². The zero-order valence-corrected chi connectivity index (χ0v) is 10.7. The van der Waals surface area contributed by atoms with Crippen molar-refractivity contribution in [1.82, 2.24) is 10.2 Å². The molecule has 1 aliphatic rings. The number of nitrogens with one attached hydrogen (secondary N) is 1. The summed E-state index contributed by atoms with van der Waals surface area (Å²) >= 11 is 0. The average Bonchev–Trinajstić information content (AvgIpc) is 2.83. The fraction of sp³-hybridized carbons (Fsp3) is 0.538. The van der Waals surface area contributed by atoms with Crippen molar-refractivity contribution in [2.24, 2.45) is 0 Å². The Bertz CT molecular complexity index is 453. The highest BCUT2D eigenvalue weighted by Gasteiger charge is 2.31. The van der Waals surface area contributed by atoms with Gasteiger partial charge in [-0.3, -0.25) is 19.8 Å². The number of hydrogen-bond donors (Lipinski definition) is 1. The van der Waals surface area contributed by atoms with Crippen molar-refractivity contribution >= 4 is 11.8 Å². The van der Waals surface area contributed by atoms with Crippen LogP contribution in [0.1, 0.15) is 31.3 Å². The second kappa shape index (κ2) is 5.35. The van der Waals surface area contributed by atoms with Crippen LogP contribution in [0.15, 0.2) is 16.5 Å². The van der Waals surface area contributed by atoms with E-state index in [-0.39, 0.29) is 17.9 Å². The van der Waals surface area contributed by atoms with E-state index in [0.29, 0.717) is 19.4 Å². The first kappa shape index (κ1) is 12.8. The molecule has 5 nitrogen and oxygen atoms in total. The monoisotopic (exact) mass is 250 g/mol. The van der Waals surface area contributed by atoms with Gasteiger partial charge in [-0.15, -0.1) is 0 Å². The first-order valence-electron chi connectivity index (χ1n) is 6.23. The molecule has 2 rings (SSSR count). The maximum atomic E-state index is 11.8. The summed E-state index contributed by atoms with van der Waals surface area (Å²) in [6.07, 6.45) is 1.83. The SMILES string of the molecule is CCc1ccc(CNC2CCC(=O)N(C)C2=O)o1. The molecule has 0 bridgehead atoms. The number of nitrogens with zero attached hydrogens (tertiary/aromatic N) is 1. The maximum absolute atomic E-state index is 11.8. The van der Waals surface area contributed by atoms with Crippen molar-refractivity contribution in [3.63, 3.8) is 0 Å². The van der Waals surface area contributed by atoms with Gasteiger partial charge < -0.3 is 4.42 Å². The lowest BCUT2D eigenvalue weighted by Gasteiger charge is -2.28. The van der Waals surface area contributed by atoms with Crippen LogP contribution in [0.5, 0.6) is 0 Å². The number of likely N-dealkylation sites (N-methyl/N-ethyl adjacent to an activating group) is 1. The number of carbonyl (C=O) groups is 2. The van der Waals surface area contributed by atoms with Crippen molar-refractivity contribution in [3.05, 3.63) is 23.7 Å². The summed E-state index contributed by atoms with van der Waals surface area (Å²) < 4.78 is 5.55. The molecular formula is C13H18N2O3. The number of amides is 2. The lowest BCUT2D eigenvalue weighted by Crippen LogP contribution is -2.51. The molecule has 18 heavy (non-hydrogen) atoms. The molecule has 1 N–H and O–H groups in total. The first-order chi connectivity index (χ1) is 8.61. The second-order valence-corrected chi connectivity index (χ2v) is 4.48. The molecule has 0 radical (unpaired) electrons. The Hall–Kier alpha value is -1.62. The van der Waals surface area contributed by atoms with E-state index in [2.05, 4.69) is 5.32 Å². The summed E-state index contributed by atoms with van der Waals surface area (Å²) in [5, 5.41) is 3.14. The normalized spacial score (nSPS) is 20.6. The molecule has 98 valence electrons. The summed E-state index contributed by atoms with van der Waals surface area (Å²) in [5.74, 6) is 1.49. The van der Waals surface area contributed by atoms with Crippen molar-refractivity contribution in [3.8, 4) is 0 Å². The highest BCUT2D eigenvalue weighted by molar-refractivity contribution is 6.00. The van der Waals surface area contributed by atoms with Crippen LogP contribution in [0.3, 0.4) is 0 Å². The lowest BCUT2D eigenvalue weighted by atomic mass is 10.0. The minimum atomic E-state index is -0.289. The van der Waals surface area contributed by atoms with Crippen molar-refractivity contribution in [1.29, 1.82) is 0 Å². The van der Waals surface area contributed by atoms with Crippen LogP contribution in [0, 0.1) is 0 Å². The Morgan fingerprint density at radius 1 is 1.39 bits per heavy atom. The molecule has 0 aliphatic carbocycles. The van der Waals surface area contributed by atoms with Crippen LogP contribution in [-0.4, -0.2) is 29.8 Å². The number of aryl methyl sites for hydroxylation is 1. The predicted octanol–water partition coefficient (Wildman–Crippen LogP) is 1.08. The summed E-state index contributed by atoms with van der Waals surface area (Å²) in [4.78, 5) is 24.4. The van der Waals surface area contributed by atoms with Gasteiger partial charge in [0.15, 0.2) is 0 Å². The second-order valence-electron chi connectivity index (χ2n) is 4.48. The third-order valence-corrected chi connectivity index (χ3v) is 3.24. The molecule has 1 aromatic rings. The van der Waals surface area contributed by atoms with Gasteiger partial charge in [-0.2, -0.15) is 0 Å². The van der Waals surface area contributed by atoms with Gasteiger partial charge in [0.25, 0.3) is 0 Å². The number of piperidine rings is 1. The van der Waals surface area contributed by atoms with Gasteiger partial charge in [0.1, 0.15) is 11.5 Å². The van der Waals surface area contributed by atoms with E-state index in [0.717, 1.165) is 17.9 Å². The van der Waals surface area contributed by atoms with Crippen LogP contribution < -0.4 is 5.32 Å². The highest BCUT2D eigenvalue weighted by atomic mass is 16.3. The van der Waals surface area contributed by atoms with Gasteiger partial charge in [-0.25, -0.2) is 0 Å². The average molecular weight is 250 g/mol. The fourth-order valence-electron chi connectivity index (χ4n) is 2.04. The van der Waals surface area contributed by atoms with Gasteiger partial charge in [0.2, 0.25) is 11.8 Å². The fourth-order valence-corrected chi connectivity index (χ4v) is 2.04. The van der Waals surface area contributed by atoms with E-state index >= 15 is 0 Å². The Morgan fingerprint density at radius 3 is 2.78 bits per heavy atom. The van der Waals surface area contributed by atoms with E-state index in [4.69, 9.17) is 4.42 Å². The molecule has 0 saturated carbocycles. The lowest BCUT2D eigenvalue weighted by molar-refractivity contribution is -0.148. The van der Waals surface area contributed by atoms with Crippen molar-refractivity contribution in [2.75, 3.05) is 7.05 Å². The largest absolute Gasteiger partial charge is 0.465 e. The number of furan rings is 1. The molecule has 2 amide bonds. The Labute approximate surface area is 106 Å².